The van der Waals surface area contributed by atoms with Gasteiger partial charge in [0, 0.05) is 30.9 Å². The van der Waals surface area contributed by atoms with Crippen LogP contribution < -0.4 is 21.6 Å². The Balaban J connectivity index is 2.24. The quantitative estimate of drug-likeness (QED) is 0.268. The van der Waals surface area contributed by atoms with Gasteiger partial charge in [-0.2, -0.15) is 13.2 Å². The van der Waals surface area contributed by atoms with Crippen LogP contribution in [0.3, 0.4) is 0 Å². The van der Waals surface area contributed by atoms with E-state index in [9.17, 15) is 18.0 Å². The molecule has 0 unspecified atom stereocenters. The lowest BCUT2D eigenvalue weighted by Crippen LogP contribution is -2.37. The number of carbonyl (C=O) groups excluding carboxylic acids is 1. The Morgan fingerprint density at radius 1 is 1.22 bits per heavy atom. The number of aliphatic imine (C=N–C) groups is 1. The van der Waals surface area contributed by atoms with Crippen LogP contribution in [0.25, 0.3) is 0 Å². The van der Waals surface area contributed by atoms with E-state index in [1.165, 1.54) is 14.1 Å². The van der Waals surface area contributed by atoms with Crippen LogP contribution in [0.15, 0.2) is 53.2 Å². The average Bonchev–Trinajstić information content (AvgIpc) is 2.71. The number of amides is 2. The number of hydrogen-bond donors (Lipinski definition) is 3. The Labute approximate surface area is 184 Å². The first-order valence-electron chi connectivity index (χ1n) is 9.57. The molecule has 10 heteroatoms. The summed E-state index contributed by atoms with van der Waals surface area (Å²) in [6.45, 7) is 3.82. The van der Waals surface area contributed by atoms with E-state index < -0.39 is 17.9 Å². The maximum Gasteiger partial charge on any atom is 0.430 e. The molecule has 7 nitrogen and oxygen atoms in total. The molecule has 0 aliphatic heterocycles. The van der Waals surface area contributed by atoms with Gasteiger partial charge in [0.1, 0.15) is 18.1 Å². The summed E-state index contributed by atoms with van der Waals surface area (Å²) in [5.41, 5.74) is 7.40. The van der Waals surface area contributed by atoms with Gasteiger partial charge in [-0.05, 0) is 55.3 Å². The summed E-state index contributed by atoms with van der Waals surface area (Å²) in [5, 5.41) is 3.65. The largest absolute Gasteiger partial charge is 0.489 e. The number of anilines is 1. The first-order valence-corrected chi connectivity index (χ1v) is 9.57. The number of hydrazine groups is 1. The summed E-state index contributed by atoms with van der Waals surface area (Å²) in [7, 11) is 2.82. The predicted molar refractivity (Wildman–Crippen MR) is 118 cm³/mol. The lowest BCUT2D eigenvalue weighted by Gasteiger charge is -2.18. The van der Waals surface area contributed by atoms with Crippen LogP contribution in [0.5, 0.6) is 5.75 Å². The van der Waals surface area contributed by atoms with Crippen LogP contribution in [-0.4, -0.2) is 37.0 Å². The lowest BCUT2D eigenvalue weighted by molar-refractivity contribution is -0.0925. The Morgan fingerprint density at radius 3 is 2.47 bits per heavy atom. The van der Waals surface area contributed by atoms with E-state index in [1.807, 2.05) is 13.0 Å². The van der Waals surface area contributed by atoms with Gasteiger partial charge in [0.05, 0.1) is 5.71 Å². The molecule has 0 aliphatic rings. The Morgan fingerprint density at radius 2 is 1.91 bits per heavy atom. The molecular formula is C22H26F3N5O2. The van der Waals surface area contributed by atoms with Gasteiger partial charge in [0.2, 0.25) is 0 Å². The van der Waals surface area contributed by atoms with Crippen molar-refractivity contribution in [1.29, 1.82) is 0 Å². The predicted octanol–water partition coefficient (Wildman–Crippen LogP) is 4.04. The lowest BCUT2D eigenvalue weighted by atomic mass is 10.0. The third-order valence-corrected chi connectivity index (χ3v) is 4.68. The minimum absolute atomic E-state index is 0.101. The van der Waals surface area contributed by atoms with Crippen LogP contribution in [0.1, 0.15) is 22.3 Å². The SMILES string of the molecule is CN=C(C=C(N)C(F)(F)F)c1ccc(OCc2c(C)cccc2NC(=O)N(C)N)c(C)c1. The fourth-order valence-corrected chi connectivity index (χ4v) is 2.84. The number of halogens is 3. The third kappa shape index (κ3) is 6.24. The highest BCUT2D eigenvalue weighted by Gasteiger charge is 2.31. The molecule has 0 bridgehead atoms. The zero-order chi connectivity index (χ0) is 24.1. The van der Waals surface area contributed by atoms with Gasteiger partial charge in [-0.3, -0.25) is 10.0 Å². The molecule has 0 saturated heterocycles. The first kappa shape index (κ1) is 24.7. The van der Waals surface area contributed by atoms with Gasteiger partial charge in [0.15, 0.2) is 0 Å². The van der Waals surface area contributed by atoms with Crippen LogP contribution in [0.4, 0.5) is 23.7 Å². The molecule has 0 radical (unpaired) electrons. The van der Waals surface area contributed by atoms with Gasteiger partial charge < -0.3 is 15.8 Å². The van der Waals surface area contributed by atoms with Crippen LogP contribution in [-0.2, 0) is 6.61 Å². The van der Waals surface area contributed by atoms with Gasteiger partial charge in [-0.1, -0.05) is 12.1 Å². The minimum Gasteiger partial charge on any atom is -0.489 e. The summed E-state index contributed by atoms with van der Waals surface area (Å²) in [6, 6.07) is 9.88. The van der Waals surface area contributed by atoms with E-state index in [2.05, 4.69) is 10.3 Å². The summed E-state index contributed by atoms with van der Waals surface area (Å²) in [4.78, 5) is 15.8. The Bertz CT molecular complexity index is 1050. The molecule has 0 aromatic heterocycles. The number of ether oxygens (including phenoxy) is 1. The van der Waals surface area contributed by atoms with Crippen molar-refractivity contribution in [3.63, 3.8) is 0 Å². The molecular weight excluding hydrogens is 423 g/mol. The third-order valence-electron chi connectivity index (χ3n) is 4.68. The molecule has 2 rings (SSSR count). The Kier molecular flexibility index (Phi) is 7.87. The number of benzene rings is 2. The van der Waals surface area contributed by atoms with Crippen LogP contribution >= 0.6 is 0 Å². The fraction of sp³-hybridized carbons (Fsp3) is 0.273. The van der Waals surface area contributed by atoms with Crippen molar-refractivity contribution in [2.75, 3.05) is 19.4 Å². The maximum absolute atomic E-state index is 12.8. The zero-order valence-corrected chi connectivity index (χ0v) is 18.2. The number of nitrogens with two attached hydrogens (primary N) is 2. The molecule has 0 saturated carbocycles. The van der Waals surface area contributed by atoms with Crippen molar-refractivity contribution < 1.29 is 22.7 Å². The van der Waals surface area contributed by atoms with E-state index in [0.717, 1.165) is 22.2 Å². The molecule has 32 heavy (non-hydrogen) atoms. The number of carbonyl (C=O) groups is 1. The molecule has 5 N–H and O–H groups in total. The van der Waals surface area contributed by atoms with E-state index >= 15 is 0 Å². The molecule has 172 valence electrons. The highest BCUT2D eigenvalue weighted by atomic mass is 19.4. The topological polar surface area (TPSA) is 106 Å². The van der Waals surface area contributed by atoms with Crippen molar-refractivity contribution >= 4 is 17.4 Å². The number of aryl methyl sites for hydroxylation is 2. The van der Waals surface area contributed by atoms with Gasteiger partial charge in [0.25, 0.3) is 0 Å². The summed E-state index contributed by atoms with van der Waals surface area (Å²) >= 11 is 0. The first-order chi connectivity index (χ1) is 14.9. The number of rotatable bonds is 6. The van der Waals surface area contributed by atoms with Crippen molar-refractivity contribution in [2.24, 2.45) is 16.6 Å². The van der Waals surface area contributed by atoms with Crippen molar-refractivity contribution in [1.82, 2.24) is 5.01 Å². The van der Waals surface area contributed by atoms with E-state index in [0.29, 0.717) is 22.6 Å². The van der Waals surface area contributed by atoms with E-state index in [4.69, 9.17) is 16.3 Å². The molecule has 2 aromatic carbocycles. The van der Waals surface area contributed by atoms with Crippen LogP contribution in [0, 0.1) is 13.8 Å². The molecule has 0 spiro atoms. The number of hydrogen-bond acceptors (Lipinski definition) is 5. The van der Waals surface area contributed by atoms with E-state index in [1.54, 1.807) is 37.3 Å². The summed E-state index contributed by atoms with van der Waals surface area (Å²) < 4.78 is 44.2. The second-order valence-electron chi connectivity index (χ2n) is 7.12. The smallest absolute Gasteiger partial charge is 0.430 e. The monoisotopic (exact) mass is 449 g/mol. The van der Waals surface area contributed by atoms with Gasteiger partial charge in [-0.15, -0.1) is 0 Å². The molecule has 0 aliphatic carbocycles. The zero-order valence-electron chi connectivity index (χ0n) is 18.2. The van der Waals surface area contributed by atoms with E-state index in [-0.39, 0.29) is 12.3 Å². The molecule has 0 fully saturated rings. The second kappa shape index (κ2) is 10.2. The van der Waals surface area contributed by atoms with Crippen molar-refractivity contribution in [3.8, 4) is 5.75 Å². The number of nitrogens with one attached hydrogen (secondary N) is 1. The molecule has 2 aromatic rings. The van der Waals surface area contributed by atoms with Crippen LogP contribution in [0.2, 0.25) is 0 Å². The van der Waals surface area contributed by atoms with Gasteiger partial charge >= 0.3 is 12.2 Å². The number of urea groups is 1. The maximum atomic E-state index is 12.8. The molecule has 0 heterocycles. The molecule has 2 amide bonds. The van der Waals surface area contributed by atoms with Crippen molar-refractivity contribution in [3.05, 3.63) is 70.4 Å². The number of allylic oxidation sites excluding steroid dienone is 2. The summed E-state index contributed by atoms with van der Waals surface area (Å²) in [5.74, 6) is 6.00. The number of nitrogens with zero attached hydrogens (tertiary/aromatic N) is 2. The highest BCUT2D eigenvalue weighted by molar-refractivity contribution is 6.09. The van der Waals surface area contributed by atoms with Crippen molar-refractivity contribution in [2.45, 2.75) is 26.6 Å². The molecule has 0 atom stereocenters. The minimum atomic E-state index is -4.63. The standard InChI is InChI=1S/C22H26F3N5O2/c1-13-6-5-7-17(29-21(31)30(4)27)16(13)12-32-19-9-8-15(10-14(19)2)18(28-3)11-20(26)22(23,24)25/h5-11H,12,26-27H2,1-4H3,(H,29,31). The summed E-state index contributed by atoms with van der Waals surface area (Å²) in [6.07, 6.45) is -3.83. The Hall–Kier alpha value is -3.53. The number of alkyl halides is 3. The fourth-order valence-electron chi connectivity index (χ4n) is 2.84. The normalized spacial score (nSPS) is 12.5. The second-order valence-corrected chi connectivity index (χ2v) is 7.12. The average molecular weight is 449 g/mol. The van der Waals surface area contributed by atoms with Gasteiger partial charge in [-0.25, -0.2) is 10.6 Å². The highest BCUT2D eigenvalue weighted by Crippen LogP contribution is 2.26.